The van der Waals surface area contributed by atoms with Crippen molar-refractivity contribution in [2.24, 2.45) is 0 Å². The Morgan fingerprint density at radius 3 is 3.00 bits per heavy atom. The van der Waals surface area contributed by atoms with Gasteiger partial charge in [0.2, 0.25) is 0 Å². The molecule has 0 unspecified atom stereocenters. The van der Waals surface area contributed by atoms with Crippen LogP contribution >= 0.6 is 11.3 Å². The van der Waals surface area contributed by atoms with Crippen molar-refractivity contribution in [2.45, 2.75) is 25.8 Å². The van der Waals surface area contributed by atoms with Crippen molar-refractivity contribution in [1.29, 1.82) is 0 Å². The van der Waals surface area contributed by atoms with Gasteiger partial charge in [0.1, 0.15) is 0 Å². The molecule has 0 radical (unpaired) electrons. The number of urea groups is 1. The zero-order chi connectivity index (χ0) is 16.2. The molecule has 0 saturated carbocycles. The lowest BCUT2D eigenvalue weighted by molar-refractivity contribution is 0.237. The highest BCUT2D eigenvalue weighted by Gasteiger charge is 2.16. The SMILES string of the molecule is C[C@H](CNC(=O)N[C@H](C)c1nnc2ccccn12)c1nccs1. The van der Waals surface area contributed by atoms with Crippen molar-refractivity contribution in [1.82, 2.24) is 30.2 Å². The Labute approximate surface area is 137 Å². The molecule has 0 saturated heterocycles. The summed E-state index contributed by atoms with van der Waals surface area (Å²) in [5.74, 6) is 0.883. The third-order valence-corrected chi connectivity index (χ3v) is 4.52. The predicted molar refractivity (Wildman–Crippen MR) is 88.5 cm³/mol. The summed E-state index contributed by atoms with van der Waals surface area (Å²) >= 11 is 1.59. The van der Waals surface area contributed by atoms with Crippen molar-refractivity contribution >= 4 is 23.0 Å². The number of aromatic nitrogens is 4. The number of pyridine rings is 1. The number of rotatable bonds is 5. The molecule has 3 aromatic rings. The van der Waals surface area contributed by atoms with E-state index in [9.17, 15) is 4.79 Å². The average Bonchev–Trinajstić information content (AvgIpc) is 3.21. The zero-order valence-corrected chi connectivity index (χ0v) is 13.7. The summed E-state index contributed by atoms with van der Waals surface area (Å²) in [6.07, 6.45) is 3.65. The second-order valence-electron chi connectivity index (χ2n) is 5.33. The van der Waals surface area contributed by atoms with E-state index in [1.165, 1.54) is 0 Å². The Morgan fingerprint density at radius 1 is 1.35 bits per heavy atom. The number of nitrogens with zero attached hydrogens (tertiary/aromatic N) is 4. The fourth-order valence-corrected chi connectivity index (χ4v) is 2.98. The van der Waals surface area contributed by atoms with Gasteiger partial charge in [-0.3, -0.25) is 4.40 Å². The molecule has 0 aliphatic carbocycles. The number of carbonyl (C=O) groups excluding carboxylic acids is 1. The van der Waals surface area contributed by atoms with Gasteiger partial charge in [-0.2, -0.15) is 0 Å². The summed E-state index contributed by atoms with van der Waals surface area (Å²) in [7, 11) is 0. The lowest BCUT2D eigenvalue weighted by Crippen LogP contribution is -2.39. The lowest BCUT2D eigenvalue weighted by atomic mass is 10.2. The monoisotopic (exact) mass is 330 g/mol. The minimum Gasteiger partial charge on any atom is -0.337 e. The third kappa shape index (κ3) is 3.48. The van der Waals surface area contributed by atoms with Crippen LogP contribution in [0, 0.1) is 0 Å². The highest BCUT2D eigenvalue weighted by molar-refractivity contribution is 7.09. The van der Waals surface area contributed by atoms with Gasteiger partial charge in [0.25, 0.3) is 0 Å². The maximum absolute atomic E-state index is 12.1. The molecule has 8 heteroatoms. The van der Waals surface area contributed by atoms with Gasteiger partial charge in [0.15, 0.2) is 11.5 Å². The number of carbonyl (C=O) groups is 1. The molecule has 0 spiro atoms. The summed E-state index contributed by atoms with van der Waals surface area (Å²) < 4.78 is 1.86. The van der Waals surface area contributed by atoms with Gasteiger partial charge in [-0.25, -0.2) is 9.78 Å². The molecule has 0 aliphatic heterocycles. The van der Waals surface area contributed by atoms with E-state index in [4.69, 9.17) is 0 Å². The molecule has 3 heterocycles. The summed E-state index contributed by atoms with van der Waals surface area (Å²) in [5.41, 5.74) is 0.758. The van der Waals surface area contributed by atoms with Crippen LogP contribution in [0.3, 0.4) is 0 Å². The molecule has 120 valence electrons. The topological polar surface area (TPSA) is 84.2 Å². The molecule has 3 rings (SSSR count). The van der Waals surface area contributed by atoms with Gasteiger partial charge in [0.05, 0.1) is 11.0 Å². The summed E-state index contributed by atoms with van der Waals surface area (Å²) in [6, 6.07) is 5.20. The summed E-state index contributed by atoms with van der Waals surface area (Å²) in [4.78, 5) is 16.3. The van der Waals surface area contributed by atoms with E-state index >= 15 is 0 Å². The second-order valence-corrected chi connectivity index (χ2v) is 6.26. The molecule has 0 aliphatic rings. The van der Waals surface area contributed by atoms with Gasteiger partial charge in [-0.1, -0.05) is 13.0 Å². The zero-order valence-electron chi connectivity index (χ0n) is 12.9. The Balaban J connectivity index is 1.57. The molecule has 23 heavy (non-hydrogen) atoms. The van der Waals surface area contributed by atoms with E-state index < -0.39 is 0 Å². The molecule has 3 aromatic heterocycles. The fourth-order valence-electron chi connectivity index (χ4n) is 2.28. The molecule has 0 aromatic carbocycles. The Bertz CT molecular complexity index is 784. The molecule has 0 fully saturated rings. The number of amides is 2. The van der Waals surface area contributed by atoms with Crippen LogP contribution in [0.1, 0.15) is 36.6 Å². The molecule has 2 N–H and O–H groups in total. The van der Waals surface area contributed by atoms with E-state index in [0.717, 1.165) is 10.7 Å². The number of hydrogen-bond donors (Lipinski definition) is 2. The van der Waals surface area contributed by atoms with Crippen LogP contribution in [-0.4, -0.2) is 32.2 Å². The molecule has 7 nitrogen and oxygen atoms in total. The normalized spacial score (nSPS) is 13.7. The standard InChI is InChI=1S/C15H18N6OS/c1-10(14-16-6-8-23-14)9-17-15(22)18-11(2)13-20-19-12-5-3-4-7-21(12)13/h3-8,10-11H,9H2,1-2H3,(H2,17,18,22)/t10-,11-/m1/s1. The summed E-state index contributed by atoms with van der Waals surface area (Å²) in [6.45, 7) is 4.45. The predicted octanol–water partition coefficient (Wildman–Crippen LogP) is 2.35. The summed E-state index contributed by atoms with van der Waals surface area (Å²) in [5, 5.41) is 16.9. The van der Waals surface area contributed by atoms with Gasteiger partial charge in [-0.15, -0.1) is 21.5 Å². The highest BCUT2D eigenvalue weighted by Crippen LogP contribution is 2.16. The Hall–Kier alpha value is -2.48. The first-order valence-corrected chi connectivity index (χ1v) is 8.26. The van der Waals surface area contributed by atoms with Crippen LogP contribution < -0.4 is 10.6 Å². The van der Waals surface area contributed by atoms with Crippen LogP contribution in [-0.2, 0) is 0 Å². The first-order chi connectivity index (χ1) is 11.1. The molecule has 2 atom stereocenters. The third-order valence-electron chi connectivity index (χ3n) is 3.52. The molecule has 0 bridgehead atoms. The van der Waals surface area contributed by atoms with Crippen LogP contribution in [0.2, 0.25) is 0 Å². The van der Waals surface area contributed by atoms with Gasteiger partial charge >= 0.3 is 6.03 Å². The molecule has 2 amide bonds. The first kappa shape index (κ1) is 15.4. The van der Waals surface area contributed by atoms with Crippen LogP contribution in [0.4, 0.5) is 4.79 Å². The van der Waals surface area contributed by atoms with Crippen molar-refractivity contribution in [3.63, 3.8) is 0 Å². The average molecular weight is 330 g/mol. The van der Waals surface area contributed by atoms with Crippen molar-refractivity contribution in [3.8, 4) is 0 Å². The van der Waals surface area contributed by atoms with E-state index in [2.05, 4.69) is 25.8 Å². The van der Waals surface area contributed by atoms with E-state index in [0.29, 0.717) is 12.4 Å². The largest absolute Gasteiger partial charge is 0.337 e. The quantitative estimate of drug-likeness (QED) is 0.752. The molecular formula is C15H18N6OS. The first-order valence-electron chi connectivity index (χ1n) is 7.38. The minimum atomic E-state index is -0.248. The maximum atomic E-state index is 12.1. The Morgan fingerprint density at radius 2 is 2.22 bits per heavy atom. The van der Waals surface area contributed by atoms with Crippen LogP contribution in [0.25, 0.3) is 5.65 Å². The van der Waals surface area contributed by atoms with Gasteiger partial charge < -0.3 is 10.6 Å². The smallest absolute Gasteiger partial charge is 0.315 e. The van der Waals surface area contributed by atoms with Crippen LogP contribution in [0.5, 0.6) is 0 Å². The maximum Gasteiger partial charge on any atom is 0.315 e. The molecular weight excluding hydrogens is 312 g/mol. The van der Waals surface area contributed by atoms with E-state index in [-0.39, 0.29) is 18.0 Å². The highest BCUT2D eigenvalue weighted by atomic mass is 32.1. The van der Waals surface area contributed by atoms with Crippen LogP contribution in [0.15, 0.2) is 36.0 Å². The van der Waals surface area contributed by atoms with Gasteiger partial charge in [-0.05, 0) is 19.1 Å². The van der Waals surface area contributed by atoms with Gasteiger partial charge in [0, 0.05) is 30.2 Å². The number of nitrogens with one attached hydrogen (secondary N) is 2. The fraction of sp³-hybridized carbons (Fsp3) is 0.333. The van der Waals surface area contributed by atoms with E-state index in [1.54, 1.807) is 17.5 Å². The number of hydrogen-bond acceptors (Lipinski definition) is 5. The lowest BCUT2D eigenvalue weighted by Gasteiger charge is -2.15. The minimum absolute atomic E-state index is 0.185. The second kappa shape index (κ2) is 6.74. The number of fused-ring (bicyclic) bond motifs is 1. The number of thiazole rings is 1. The van der Waals surface area contributed by atoms with Crippen molar-refractivity contribution in [2.75, 3.05) is 6.54 Å². The van der Waals surface area contributed by atoms with Crippen molar-refractivity contribution in [3.05, 3.63) is 46.8 Å². The van der Waals surface area contributed by atoms with E-state index in [1.807, 2.05) is 48.0 Å². The Kier molecular flexibility index (Phi) is 4.52. The van der Waals surface area contributed by atoms with Crippen molar-refractivity contribution < 1.29 is 4.79 Å².